The summed E-state index contributed by atoms with van der Waals surface area (Å²) in [6, 6.07) is 10.6. The van der Waals surface area contributed by atoms with Crippen LogP contribution in [0.1, 0.15) is 48.2 Å². The fraction of sp³-hybridized carbons (Fsp3) is 0.500. The number of carbonyl (C=O) groups excluding carboxylic acids is 1. The van der Waals surface area contributed by atoms with Crippen LogP contribution in [0.5, 0.6) is 0 Å². The summed E-state index contributed by atoms with van der Waals surface area (Å²) in [5.74, 6) is -0.188. The van der Waals surface area contributed by atoms with Gasteiger partial charge in [0.1, 0.15) is 0 Å². The van der Waals surface area contributed by atoms with Gasteiger partial charge < -0.3 is 10.2 Å². The molecule has 0 radical (unpaired) electrons. The van der Waals surface area contributed by atoms with E-state index in [9.17, 15) is 13.2 Å². The first kappa shape index (κ1) is 28.5. The fourth-order valence-corrected chi connectivity index (χ4v) is 7.56. The molecule has 38 heavy (non-hydrogen) atoms. The number of piperazine rings is 1. The number of amides is 1. The van der Waals surface area contributed by atoms with Gasteiger partial charge in [-0.2, -0.15) is 4.31 Å². The molecule has 206 valence electrons. The molecule has 10 heteroatoms. The fourth-order valence-electron chi connectivity index (χ4n) is 4.87. The summed E-state index contributed by atoms with van der Waals surface area (Å²) in [7, 11) is -3.55. The van der Waals surface area contributed by atoms with Crippen molar-refractivity contribution in [2.75, 3.05) is 57.3 Å². The summed E-state index contributed by atoms with van der Waals surface area (Å²) in [5.41, 5.74) is 4.07. The number of nitrogens with zero attached hydrogens (tertiary/aromatic N) is 4. The number of carbonyl (C=O) groups is 1. The molecule has 4 rings (SSSR count). The van der Waals surface area contributed by atoms with Crippen LogP contribution in [-0.4, -0.2) is 80.9 Å². The normalized spacial score (nSPS) is 14.9. The van der Waals surface area contributed by atoms with Gasteiger partial charge in [0.2, 0.25) is 10.0 Å². The summed E-state index contributed by atoms with van der Waals surface area (Å²) < 4.78 is 28.7. The van der Waals surface area contributed by atoms with Crippen LogP contribution in [0.2, 0.25) is 0 Å². The third-order valence-corrected chi connectivity index (χ3v) is 10.0. The standard InChI is InChI=1S/C28H39N5O3S2/c1-5-12-33(13-6-2)38(35,36)24-9-7-23(8-10-24)27(34)29-11-14-31-15-17-32(18-16-31)28-30-25-20-21(3)19-22(4)26(25)37-28/h7-10,19-20H,5-6,11-18H2,1-4H3,(H,29,34). The Labute approximate surface area is 230 Å². The Balaban J connectivity index is 1.25. The van der Waals surface area contributed by atoms with Crippen molar-refractivity contribution in [3.63, 3.8) is 0 Å². The van der Waals surface area contributed by atoms with E-state index in [1.165, 1.54) is 32.3 Å². The zero-order valence-electron chi connectivity index (χ0n) is 22.9. The number of rotatable bonds is 11. The number of benzene rings is 2. The minimum Gasteiger partial charge on any atom is -0.351 e. The lowest BCUT2D eigenvalue weighted by molar-refractivity contribution is 0.0947. The highest BCUT2D eigenvalue weighted by Crippen LogP contribution is 2.32. The van der Waals surface area contributed by atoms with E-state index in [4.69, 9.17) is 4.98 Å². The maximum absolute atomic E-state index is 12.9. The third kappa shape index (κ3) is 6.54. The second kappa shape index (κ2) is 12.5. The predicted molar refractivity (Wildman–Crippen MR) is 156 cm³/mol. The third-order valence-electron chi connectivity index (χ3n) is 6.87. The molecule has 1 amide bonds. The number of hydrogen-bond donors (Lipinski definition) is 1. The van der Waals surface area contributed by atoms with Gasteiger partial charge in [0.15, 0.2) is 5.13 Å². The van der Waals surface area contributed by atoms with Gasteiger partial charge in [0.25, 0.3) is 5.91 Å². The molecule has 1 N–H and O–H groups in total. The Hall–Kier alpha value is -2.53. The van der Waals surface area contributed by atoms with E-state index in [0.717, 1.165) is 56.2 Å². The Bertz CT molecular complexity index is 1340. The molecular weight excluding hydrogens is 518 g/mol. The highest BCUT2D eigenvalue weighted by molar-refractivity contribution is 7.89. The van der Waals surface area contributed by atoms with Crippen LogP contribution in [0.15, 0.2) is 41.3 Å². The first-order chi connectivity index (χ1) is 18.2. The Morgan fingerprint density at radius 3 is 2.32 bits per heavy atom. The van der Waals surface area contributed by atoms with Crippen LogP contribution >= 0.6 is 11.3 Å². The number of anilines is 1. The van der Waals surface area contributed by atoms with Gasteiger partial charge in [-0.15, -0.1) is 0 Å². The average Bonchev–Trinajstić information content (AvgIpc) is 3.33. The molecule has 1 aliphatic heterocycles. The Morgan fingerprint density at radius 1 is 1.03 bits per heavy atom. The number of aryl methyl sites for hydroxylation is 2. The lowest BCUT2D eigenvalue weighted by Crippen LogP contribution is -2.48. The van der Waals surface area contributed by atoms with E-state index in [2.05, 4.69) is 41.1 Å². The van der Waals surface area contributed by atoms with E-state index in [0.29, 0.717) is 25.2 Å². The van der Waals surface area contributed by atoms with Crippen LogP contribution in [0, 0.1) is 13.8 Å². The van der Waals surface area contributed by atoms with E-state index < -0.39 is 10.0 Å². The Morgan fingerprint density at radius 2 is 1.68 bits per heavy atom. The molecule has 1 aliphatic rings. The van der Waals surface area contributed by atoms with Gasteiger partial charge in [0.05, 0.1) is 15.1 Å². The largest absolute Gasteiger partial charge is 0.351 e. The molecule has 8 nitrogen and oxygen atoms in total. The van der Waals surface area contributed by atoms with Crippen molar-refractivity contribution in [3.8, 4) is 0 Å². The number of sulfonamides is 1. The molecule has 2 heterocycles. The highest BCUT2D eigenvalue weighted by Gasteiger charge is 2.24. The number of thiazole rings is 1. The second-order valence-electron chi connectivity index (χ2n) is 9.94. The predicted octanol–water partition coefficient (Wildman–Crippen LogP) is 4.28. The van der Waals surface area contributed by atoms with Crippen molar-refractivity contribution in [3.05, 3.63) is 53.1 Å². The molecule has 2 aromatic carbocycles. The van der Waals surface area contributed by atoms with Gasteiger partial charge in [-0.05, 0) is 68.1 Å². The molecular formula is C28H39N5O3S2. The van der Waals surface area contributed by atoms with Crippen LogP contribution in [0.25, 0.3) is 10.2 Å². The van der Waals surface area contributed by atoms with Gasteiger partial charge >= 0.3 is 0 Å². The Kier molecular flexibility index (Phi) is 9.40. The molecule has 0 aliphatic carbocycles. The molecule has 0 spiro atoms. The first-order valence-electron chi connectivity index (χ1n) is 13.5. The van der Waals surface area contributed by atoms with E-state index in [-0.39, 0.29) is 10.8 Å². The van der Waals surface area contributed by atoms with Crippen LogP contribution < -0.4 is 10.2 Å². The minimum absolute atomic E-state index is 0.188. The molecule has 1 saturated heterocycles. The van der Waals surface area contributed by atoms with E-state index in [1.54, 1.807) is 23.5 Å². The number of aromatic nitrogens is 1. The molecule has 1 aromatic heterocycles. The van der Waals surface area contributed by atoms with Crippen molar-refractivity contribution in [1.29, 1.82) is 0 Å². The van der Waals surface area contributed by atoms with Crippen molar-refractivity contribution in [2.24, 2.45) is 0 Å². The summed E-state index contributed by atoms with van der Waals surface area (Å²) in [5, 5.41) is 4.06. The smallest absolute Gasteiger partial charge is 0.251 e. The van der Waals surface area contributed by atoms with Crippen LogP contribution in [0.3, 0.4) is 0 Å². The van der Waals surface area contributed by atoms with Crippen LogP contribution in [-0.2, 0) is 10.0 Å². The molecule has 0 bridgehead atoms. The van der Waals surface area contributed by atoms with E-state index in [1.807, 2.05) is 13.8 Å². The van der Waals surface area contributed by atoms with Crippen molar-refractivity contribution >= 4 is 42.6 Å². The quantitative estimate of drug-likeness (QED) is 0.379. The summed E-state index contributed by atoms with van der Waals surface area (Å²) >= 11 is 1.77. The van der Waals surface area contributed by atoms with Gasteiger partial charge in [-0.1, -0.05) is 31.3 Å². The van der Waals surface area contributed by atoms with Crippen LogP contribution in [0.4, 0.5) is 5.13 Å². The van der Waals surface area contributed by atoms with Gasteiger partial charge in [0, 0.05) is 57.9 Å². The molecule has 0 atom stereocenters. The van der Waals surface area contributed by atoms with Crippen molar-refractivity contribution < 1.29 is 13.2 Å². The lowest BCUT2D eigenvalue weighted by atomic mass is 10.1. The maximum atomic E-state index is 12.9. The highest BCUT2D eigenvalue weighted by atomic mass is 32.2. The molecule has 3 aromatic rings. The first-order valence-corrected chi connectivity index (χ1v) is 15.7. The molecule has 0 saturated carbocycles. The maximum Gasteiger partial charge on any atom is 0.251 e. The van der Waals surface area contributed by atoms with E-state index >= 15 is 0 Å². The summed E-state index contributed by atoms with van der Waals surface area (Å²) in [6.45, 7) is 14.2. The summed E-state index contributed by atoms with van der Waals surface area (Å²) in [6.07, 6.45) is 1.52. The van der Waals surface area contributed by atoms with Gasteiger partial charge in [-0.3, -0.25) is 9.69 Å². The van der Waals surface area contributed by atoms with Crippen molar-refractivity contribution in [2.45, 2.75) is 45.4 Å². The minimum atomic E-state index is -3.55. The van der Waals surface area contributed by atoms with Crippen molar-refractivity contribution in [1.82, 2.24) is 19.5 Å². The zero-order valence-corrected chi connectivity index (χ0v) is 24.5. The SMILES string of the molecule is CCCN(CCC)S(=O)(=O)c1ccc(C(=O)NCCN2CCN(c3nc4cc(C)cc(C)c4s3)CC2)cc1. The number of hydrogen-bond acceptors (Lipinski definition) is 7. The second-order valence-corrected chi connectivity index (χ2v) is 12.9. The lowest BCUT2D eigenvalue weighted by Gasteiger charge is -2.34. The van der Waals surface area contributed by atoms with Gasteiger partial charge in [-0.25, -0.2) is 13.4 Å². The number of fused-ring (bicyclic) bond motifs is 1. The average molecular weight is 558 g/mol. The zero-order chi connectivity index (χ0) is 27.3. The number of nitrogens with one attached hydrogen (secondary N) is 1. The summed E-state index contributed by atoms with van der Waals surface area (Å²) in [4.78, 5) is 22.5. The topological polar surface area (TPSA) is 85.8 Å². The molecule has 0 unspecified atom stereocenters. The molecule has 1 fully saturated rings. The monoisotopic (exact) mass is 557 g/mol.